The first-order valence-electron chi connectivity index (χ1n) is 10.4. The fourth-order valence-corrected chi connectivity index (χ4v) is 5.10. The molecule has 0 radical (unpaired) electrons. The molecule has 0 saturated carbocycles. The van der Waals surface area contributed by atoms with Crippen LogP contribution in [0.15, 0.2) is 59.5 Å². The van der Waals surface area contributed by atoms with Gasteiger partial charge in [0.05, 0.1) is 24.0 Å². The summed E-state index contributed by atoms with van der Waals surface area (Å²) in [5.74, 6) is -1.31. The van der Waals surface area contributed by atoms with E-state index in [1.165, 1.54) is 28.4 Å². The van der Waals surface area contributed by atoms with Crippen molar-refractivity contribution in [2.75, 3.05) is 38.3 Å². The molecule has 1 aliphatic heterocycles. The maximum Gasteiger partial charge on any atom is 0.310 e. The zero-order valence-electron chi connectivity index (χ0n) is 18.2. The third-order valence-electron chi connectivity index (χ3n) is 5.35. The lowest BCUT2D eigenvalue weighted by Gasteiger charge is -2.30. The highest BCUT2D eigenvalue weighted by atomic mass is 32.2. The molecule has 0 N–H and O–H groups in total. The Bertz CT molecular complexity index is 1110. The van der Waals surface area contributed by atoms with Gasteiger partial charge in [-0.25, -0.2) is 8.42 Å². The summed E-state index contributed by atoms with van der Waals surface area (Å²) in [6.45, 7) is -0.447. The molecule has 1 unspecified atom stereocenters. The number of rotatable bonds is 8. The Morgan fingerprint density at radius 2 is 1.85 bits per heavy atom. The van der Waals surface area contributed by atoms with E-state index in [4.69, 9.17) is 14.7 Å². The Morgan fingerprint density at radius 1 is 1.15 bits per heavy atom. The molecule has 1 fully saturated rings. The van der Waals surface area contributed by atoms with E-state index in [0.29, 0.717) is 30.8 Å². The second kappa shape index (κ2) is 10.9. The van der Waals surface area contributed by atoms with E-state index >= 15 is 0 Å². The van der Waals surface area contributed by atoms with Crippen molar-refractivity contribution < 1.29 is 27.5 Å². The number of amides is 1. The van der Waals surface area contributed by atoms with Gasteiger partial charge in [0.1, 0.15) is 12.3 Å². The molecule has 174 valence electrons. The number of carbonyl (C=O) groups is 2. The van der Waals surface area contributed by atoms with Gasteiger partial charge in [-0.15, -0.1) is 0 Å². The van der Waals surface area contributed by atoms with E-state index in [-0.39, 0.29) is 18.0 Å². The van der Waals surface area contributed by atoms with Crippen LogP contribution in [0.5, 0.6) is 5.75 Å². The van der Waals surface area contributed by atoms with Crippen molar-refractivity contribution >= 4 is 27.6 Å². The zero-order valence-corrected chi connectivity index (χ0v) is 19.0. The molecule has 2 aromatic rings. The van der Waals surface area contributed by atoms with Gasteiger partial charge in [-0.05, 0) is 49.2 Å². The van der Waals surface area contributed by atoms with Gasteiger partial charge < -0.3 is 9.47 Å². The first-order chi connectivity index (χ1) is 15.9. The quantitative estimate of drug-likeness (QED) is 0.428. The van der Waals surface area contributed by atoms with E-state index in [1.807, 2.05) is 6.07 Å². The molecule has 1 heterocycles. The minimum absolute atomic E-state index is 0.0258. The van der Waals surface area contributed by atoms with Crippen molar-refractivity contribution in [2.45, 2.75) is 17.7 Å². The number of para-hydroxylation sites is 1. The summed E-state index contributed by atoms with van der Waals surface area (Å²) in [6.07, 6.45) is 0.954. The summed E-state index contributed by atoms with van der Waals surface area (Å²) in [6, 6.07) is 16.6. The van der Waals surface area contributed by atoms with E-state index in [9.17, 15) is 18.0 Å². The first kappa shape index (κ1) is 24.2. The van der Waals surface area contributed by atoms with Gasteiger partial charge in [0.2, 0.25) is 10.0 Å². The van der Waals surface area contributed by atoms with Crippen molar-refractivity contribution in [3.8, 4) is 11.8 Å². The Labute approximate surface area is 193 Å². The summed E-state index contributed by atoms with van der Waals surface area (Å²) in [5.41, 5.74) is 0.523. The number of anilines is 1. The molecular weight excluding hydrogens is 446 g/mol. The highest BCUT2D eigenvalue weighted by Crippen LogP contribution is 2.26. The molecule has 1 aliphatic rings. The predicted octanol–water partition coefficient (Wildman–Crippen LogP) is 2.20. The van der Waals surface area contributed by atoms with Crippen molar-refractivity contribution in [1.29, 1.82) is 5.26 Å². The van der Waals surface area contributed by atoms with E-state index in [0.717, 1.165) is 0 Å². The van der Waals surface area contributed by atoms with Crippen molar-refractivity contribution in [3.05, 3.63) is 54.6 Å². The van der Waals surface area contributed by atoms with Gasteiger partial charge in [-0.1, -0.05) is 18.2 Å². The van der Waals surface area contributed by atoms with Gasteiger partial charge in [-0.3, -0.25) is 14.5 Å². The van der Waals surface area contributed by atoms with Crippen molar-refractivity contribution in [2.24, 2.45) is 5.92 Å². The topological polar surface area (TPSA) is 117 Å². The Kier molecular flexibility index (Phi) is 8.03. The van der Waals surface area contributed by atoms with Crippen LogP contribution in [-0.2, 0) is 24.3 Å². The standard InChI is InChI=1S/C23H25N3O6S/c1-31-20-9-11-21(12-10-20)33(29,30)25-14-5-6-18(16-25)23(28)32-17-22(27)26(15-13-24)19-7-3-2-4-8-19/h2-4,7-12,18H,5-6,14-17H2,1H3. The molecule has 0 bridgehead atoms. The van der Waals surface area contributed by atoms with E-state index < -0.39 is 34.4 Å². The fourth-order valence-electron chi connectivity index (χ4n) is 3.58. The summed E-state index contributed by atoms with van der Waals surface area (Å²) in [7, 11) is -2.29. The maximum absolute atomic E-state index is 13.0. The van der Waals surface area contributed by atoms with Gasteiger partial charge in [0, 0.05) is 18.8 Å². The lowest BCUT2D eigenvalue weighted by atomic mass is 10.00. The molecule has 3 rings (SSSR count). The smallest absolute Gasteiger partial charge is 0.310 e. The van der Waals surface area contributed by atoms with Crippen LogP contribution >= 0.6 is 0 Å². The van der Waals surface area contributed by atoms with Crippen LogP contribution in [0, 0.1) is 17.2 Å². The minimum Gasteiger partial charge on any atom is -0.497 e. The monoisotopic (exact) mass is 471 g/mol. The minimum atomic E-state index is -3.78. The number of carbonyl (C=O) groups excluding carboxylic acids is 2. The Morgan fingerprint density at radius 3 is 2.48 bits per heavy atom. The molecule has 0 spiro atoms. The highest BCUT2D eigenvalue weighted by molar-refractivity contribution is 7.89. The number of esters is 1. The Balaban J connectivity index is 1.62. The van der Waals surface area contributed by atoms with E-state index in [2.05, 4.69) is 0 Å². The lowest BCUT2D eigenvalue weighted by molar-refractivity contribution is -0.153. The van der Waals surface area contributed by atoms with Crippen molar-refractivity contribution in [1.82, 2.24) is 4.31 Å². The highest BCUT2D eigenvalue weighted by Gasteiger charge is 2.34. The molecular formula is C23H25N3O6S. The molecule has 1 atom stereocenters. The van der Waals surface area contributed by atoms with Gasteiger partial charge >= 0.3 is 5.97 Å². The van der Waals surface area contributed by atoms with Crippen LogP contribution in [0.3, 0.4) is 0 Å². The lowest BCUT2D eigenvalue weighted by Crippen LogP contribution is -2.43. The maximum atomic E-state index is 13.0. The van der Waals surface area contributed by atoms with Crippen LogP contribution in [0.25, 0.3) is 0 Å². The van der Waals surface area contributed by atoms with Gasteiger partial charge in [-0.2, -0.15) is 9.57 Å². The summed E-state index contributed by atoms with van der Waals surface area (Å²) >= 11 is 0. The molecule has 33 heavy (non-hydrogen) atoms. The first-order valence-corrected chi connectivity index (χ1v) is 11.8. The third kappa shape index (κ3) is 5.88. The number of nitriles is 1. The molecule has 1 saturated heterocycles. The number of ether oxygens (including phenoxy) is 2. The van der Waals surface area contributed by atoms with Gasteiger partial charge in [0.15, 0.2) is 6.61 Å². The van der Waals surface area contributed by atoms with Crippen LogP contribution in [-0.4, -0.2) is 58.0 Å². The van der Waals surface area contributed by atoms with Crippen LogP contribution in [0.1, 0.15) is 12.8 Å². The van der Waals surface area contributed by atoms with Crippen LogP contribution < -0.4 is 9.64 Å². The number of nitrogens with zero attached hydrogens (tertiary/aromatic N) is 3. The average molecular weight is 472 g/mol. The van der Waals surface area contributed by atoms with Crippen LogP contribution in [0.4, 0.5) is 5.69 Å². The number of methoxy groups -OCH3 is 1. The number of hydrogen-bond donors (Lipinski definition) is 0. The Hall–Kier alpha value is -3.42. The molecule has 0 aliphatic carbocycles. The SMILES string of the molecule is COc1ccc(S(=O)(=O)N2CCCC(C(=O)OCC(=O)N(CC#N)c3ccccc3)C2)cc1. The second-order valence-electron chi connectivity index (χ2n) is 7.46. The molecule has 1 amide bonds. The number of piperidine rings is 1. The predicted molar refractivity (Wildman–Crippen MR) is 120 cm³/mol. The summed E-state index contributed by atoms with van der Waals surface area (Å²) in [4.78, 5) is 26.5. The largest absolute Gasteiger partial charge is 0.497 e. The molecule has 2 aromatic carbocycles. The third-order valence-corrected chi connectivity index (χ3v) is 7.23. The molecule has 10 heteroatoms. The normalized spacial score (nSPS) is 16.4. The number of sulfonamides is 1. The summed E-state index contributed by atoms with van der Waals surface area (Å²) < 4.78 is 37.5. The number of hydrogen-bond acceptors (Lipinski definition) is 7. The average Bonchev–Trinajstić information content (AvgIpc) is 2.86. The molecule has 9 nitrogen and oxygen atoms in total. The van der Waals surface area contributed by atoms with E-state index in [1.54, 1.807) is 42.5 Å². The molecule has 0 aromatic heterocycles. The van der Waals surface area contributed by atoms with Gasteiger partial charge in [0.25, 0.3) is 5.91 Å². The number of benzene rings is 2. The zero-order chi connectivity index (χ0) is 23.8. The van der Waals surface area contributed by atoms with Crippen molar-refractivity contribution in [3.63, 3.8) is 0 Å². The summed E-state index contributed by atoms with van der Waals surface area (Å²) in [5, 5.41) is 9.04. The fraction of sp³-hybridized carbons (Fsp3) is 0.348. The van der Waals surface area contributed by atoms with Crippen LogP contribution in [0.2, 0.25) is 0 Å². The second-order valence-corrected chi connectivity index (χ2v) is 9.40.